The fraction of sp³-hybridized carbons (Fsp3) is 0.421. The van der Waals surface area contributed by atoms with Crippen LogP contribution in [0, 0.1) is 0 Å². The van der Waals surface area contributed by atoms with Crippen molar-refractivity contribution in [3.63, 3.8) is 0 Å². The van der Waals surface area contributed by atoms with Gasteiger partial charge in [-0.05, 0) is 44.1 Å². The van der Waals surface area contributed by atoms with E-state index in [1.54, 1.807) is 28.1 Å². The Morgan fingerprint density at radius 3 is 3.00 bits per heavy atom. The fourth-order valence-electron chi connectivity index (χ4n) is 3.63. The largest absolute Gasteiger partial charge is 0.325 e. The van der Waals surface area contributed by atoms with Gasteiger partial charge in [-0.3, -0.25) is 14.2 Å². The van der Waals surface area contributed by atoms with Crippen LogP contribution in [0.1, 0.15) is 36.6 Å². The number of benzene rings is 1. The minimum Gasteiger partial charge on any atom is -0.325 e. The molecule has 2 heterocycles. The Hall–Kier alpha value is -1.73. The Bertz CT molecular complexity index is 910. The average Bonchev–Trinajstić information content (AvgIpc) is 3.05. The van der Waals surface area contributed by atoms with Gasteiger partial charge in [0.1, 0.15) is 0 Å². The standard InChI is InChI=1S/C19H21N3O2S2/c1-25-16-9-5-4-8-15(16)20-17(23)10-12-11-26-19-21-14-7-3-2-6-13(14)18(24)22(12)19/h4-5,8-9,12H,2-3,6-7,10-11H2,1H3,(H,20,23). The summed E-state index contributed by atoms with van der Waals surface area (Å²) in [4.78, 5) is 31.3. The maximum atomic E-state index is 12.9. The molecule has 7 heteroatoms. The van der Waals surface area contributed by atoms with Crippen molar-refractivity contribution in [2.75, 3.05) is 17.3 Å². The molecule has 136 valence electrons. The van der Waals surface area contributed by atoms with Crippen LogP contribution in [-0.4, -0.2) is 27.5 Å². The number of anilines is 1. The minimum absolute atomic E-state index is 0.0606. The molecule has 1 N–H and O–H groups in total. The van der Waals surface area contributed by atoms with Gasteiger partial charge in [-0.15, -0.1) is 11.8 Å². The second kappa shape index (κ2) is 7.48. The molecule has 5 nitrogen and oxygen atoms in total. The zero-order chi connectivity index (χ0) is 18.1. The molecule has 4 rings (SSSR count). The van der Waals surface area contributed by atoms with E-state index >= 15 is 0 Å². The molecule has 1 amide bonds. The van der Waals surface area contributed by atoms with Crippen LogP contribution < -0.4 is 10.9 Å². The monoisotopic (exact) mass is 387 g/mol. The summed E-state index contributed by atoms with van der Waals surface area (Å²) in [5, 5.41) is 3.77. The molecule has 1 aliphatic heterocycles. The first-order chi connectivity index (χ1) is 12.7. The number of hydrogen-bond acceptors (Lipinski definition) is 5. The van der Waals surface area contributed by atoms with E-state index in [4.69, 9.17) is 4.98 Å². The number of hydrogen-bond donors (Lipinski definition) is 1. The van der Waals surface area contributed by atoms with Crippen LogP contribution >= 0.6 is 23.5 Å². The lowest BCUT2D eigenvalue weighted by molar-refractivity contribution is -0.116. The summed E-state index contributed by atoms with van der Waals surface area (Å²) in [6, 6.07) is 7.65. The third-order valence-electron chi connectivity index (χ3n) is 4.92. The van der Waals surface area contributed by atoms with E-state index in [2.05, 4.69) is 5.32 Å². The van der Waals surface area contributed by atoms with Crippen molar-refractivity contribution in [1.29, 1.82) is 0 Å². The number of para-hydroxylation sites is 1. The normalized spacial score (nSPS) is 18.3. The molecule has 1 unspecified atom stereocenters. The number of thioether (sulfide) groups is 2. The van der Waals surface area contributed by atoms with Crippen molar-refractivity contribution in [3.8, 4) is 0 Å². The zero-order valence-corrected chi connectivity index (χ0v) is 16.3. The smallest absolute Gasteiger partial charge is 0.257 e. The molecule has 0 saturated carbocycles. The lowest BCUT2D eigenvalue weighted by atomic mass is 9.97. The summed E-state index contributed by atoms with van der Waals surface area (Å²) in [6.45, 7) is 0. The highest BCUT2D eigenvalue weighted by molar-refractivity contribution is 7.99. The number of amides is 1. The number of nitrogens with one attached hydrogen (secondary N) is 1. The number of aromatic nitrogens is 2. The van der Waals surface area contributed by atoms with Gasteiger partial charge in [0.2, 0.25) is 5.91 Å². The van der Waals surface area contributed by atoms with Gasteiger partial charge in [-0.1, -0.05) is 23.9 Å². The van der Waals surface area contributed by atoms with Crippen LogP contribution in [0.3, 0.4) is 0 Å². The number of rotatable bonds is 4. The summed E-state index contributed by atoms with van der Waals surface area (Å²) in [7, 11) is 0. The summed E-state index contributed by atoms with van der Waals surface area (Å²) >= 11 is 3.19. The SMILES string of the molecule is CSc1ccccc1NC(=O)CC1CSc2nc3c(c(=O)n21)CCCC3. The van der Waals surface area contributed by atoms with E-state index in [0.717, 1.165) is 58.4 Å². The van der Waals surface area contributed by atoms with E-state index in [1.165, 1.54) is 0 Å². The highest BCUT2D eigenvalue weighted by atomic mass is 32.2. The number of aryl methyl sites for hydroxylation is 1. The van der Waals surface area contributed by atoms with Gasteiger partial charge >= 0.3 is 0 Å². The molecule has 0 bridgehead atoms. The Morgan fingerprint density at radius 2 is 2.15 bits per heavy atom. The van der Waals surface area contributed by atoms with Gasteiger partial charge in [0, 0.05) is 22.6 Å². The van der Waals surface area contributed by atoms with Gasteiger partial charge in [-0.2, -0.15) is 0 Å². The molecule has 0 radical (unpaired) electrons. The number of carbonyl (C=O) groups excluding carboxylic acids is 1. The summed E-state index contributed by atoms with van der Waals surface area (Å²) in [5.41, 5.74) is 2.73. The predicted molar refractivity (Wildman–Crippen MR) is 106 cm³/mol. The van der Waals surface area contributed by atoms with Gasteiger partial charge < -0.3 is 5.32 Å². The van der Waals surface area contributed by atoms with Crippen molar-refractivity contribution >= 4 is 35.1 Å². The molecular formula is C19H21N3O2S2. The second-order valence-electron chi connectivity index (χ2n) is 6.62. The van der Waals surface area contributed by atoms with Crippen molar-refractivity contribution in [3.05, 3.63) is 45.9 Å². The molecule has 0 saturated heterocycles. The van der Waals surface area contributed by atoms with Gasteiger partial charge in [0.05, 0.1) is 17.4 Å². The van der Waals surface area contributed by atoms with Crippen molar-refractivity contribution in [2.24, 2.45) is 0 Å². The number of fused-ring (bicyclic) bond motifs is 2. The molecule has 2 aliphatic rings. The lowest BCUT2D eigenvalue weighted by Gasteiger charge is -2.19. The van der Waals surface area contributed by atoms with E-state index in [0.29, 0.717) is 6.42 Å². The third-order valence-corrected chi connectivity index (χ3v) is 6.82. The molecule has 1 atom stereocenters. The summed E-state index contributed by atoms with van der Waals surface area (Å²) < 4.78 is 1.76. The van der Waals surface area contributed by atoms with Crippen LogP contribution in [0.4, 0.5) is 5.69 Å². The average molecular weight is 388 g/mol. The van der Waals surface area contributed by atoms with Crippen LogP contribution in [-0.2, 0) is 17.6 Å². The first-order valence-corrected chi connectivity index (χ1v) is 11.1. The van der Waals surface area contributed by atoms with E-state index in [1.807, 2.05) is 30.5 Å². The molecule has 0 fully saturated rings. The van der Waals surface area contributed by atoms with Crippen LogP contribution in [0.25, 0.3) is 0 Å². The Morgan fingerprint density at radius 1 is 1.35 bits per heavy atom. The molecule has 0 spiro atoms. The number of nitrogens with zero attached hydrogens (tertiary/aromatic N) is 2. The maximum absolute atomic E-state index is 12.9. The lowest BCUT2D eigenvalue weighted by Crippen LogP contribution is -2.32. The molecule has 1 aromatic carbocycles. The molecule has 26 heavy (non-hydrogen) atoms. The van der Waals surface area contributed by atoms with Gasteiger partial charge in [0.15, 0.2) is 5.16 Å². The highest BCUT2D eigenvalue weighted by Gasteiger charge is 2.30. The summed E-state index contributed by atoms with van der Waals surface area (Å²) in [6.07, 6.45) is 6.15. The third kappa shape index (κ3) is 3.30. The number of carbonyl (C=O) groups is 1. The first kappa shape index (κ1) is 17.7. The topological polar surface area (TPSA) is 64.0 Å². The van der Waals surface area contributed by atoms with E-state index in [-0.39, 0.29) is 17.5 Å². The van der Waals surface area contributed by atoms with Crippen molar-refractivity contribution < 1.29 is 4.79 Å². The van der Waals surface area contributed by atoms with Crippen LogP contribution in [0.5, 0.6) is 0 Å². The zero-order valence-electron chi connectivity index (χ0n) is 14.7. The van der Waals surface area contributed by atoms with Crippen molar-refractivity contribution in [2.45, 2.75) is 48.2 Å². The first-order valence-electron chi connectivity index (χ1n) is 8.87. The Labute approximate surface area is 161 Å². The molecule has 1 aliphatic carbocycles. The Kier molecular flexibility index (Phi) is 5.09. The van der Waals surface area contributed by atoms with E-state index in [9.17, 15) is 9.59 Å². The summed E-state index contributed by atoms with van der Waals surface area (Å²) in [5.74, 6) is 0.664. The minimum atomic E-state index is -0.122. The molecule has 1 aromatic heterocycles. The van der Waals surface area contributed by atoms with Crippen LogP contribution in [0.15, 0.2) is 39.1 Å². The van der Waals surface area contributed by atoms with Gasteiger partial charge in [0.25, 0.3) is 5.56 Å². The second-order valence-corrected chi connectivity index (χ2v) is 8.45. The molecule has 2 aromatic rings. The van der Waals surface area contributed by atoms with Crippen molar-refractivity contribution in [1.82, 2.24) is 9.55 Å². The van der Waals surface area contributed by atoms with Crippen LogP contribution in [0.2, 0.25) is 0 Å². The van der Waals surface area contributed by atoms with Gasteiger partial charge in [-0.25, -0.2) is 4.98 Å². The van der Waals surface area contributed by atoms with E-state index < -0.39 is 0 Å². The highest BCUT2D eigenvalue weighted by Crippen LogP contribution is 2.34. The predicted octanol–water partition coefficient (Wildman–Crippen LogP) is 3.52. The Balaban J connectivity index is 1.55. The maximum Gasteiger partial charge on any atom is 0.257 e. The molecular weight excluding hydrogens is 366 g/mol. The quantitative estimate of drug-likeness (QED) is 0.642. The fourth-order valence-corrected chi connectivity index (χ4v) is 5.34.